The SMILES string of the molecule is CC(C)(C)OC(=O)N1CCC(=C2Oc3cccc(Cl)c3NC2=O)CC1. The van der Waals surface area contributed by atoms with Crippen molar-refractivity contribution in [1.29, 1.82) is 0 Å². The van der Waals surface area contributed by atoms with Gasteiger partial charge >= 0.3 is 6.09 Å². The molecule has 7 heteroatoms. The van der Waals surface area contributed by atoms with Gasteiger partial charge in [-0.2, -0.15) is 0 Å². The molecule has 0 saturated carbocycles. The van der Waals surface area contributed by atoms with Gasteiger partial charge in [0, 0.05) is 13.1 Å². The largest absolute Gasteiger partial charge is 0.449 e. The van der Waals surface area contributed by atoms with Crippen LogP contribution in [0.2, 0.25) is 5.02 Å². The normalized spacial score (nSPS) is 17.6. The van der Waals surface area contributed by atoms with Crippen LogP contribution < -0.4 is 10.1 Å². The molecule has 2 amide bonds. The maximum absolute atomic E-state index is 12.4. The molecule has 1 aromatic rings. The van der Waals surface area contributed by atoms with Crippen molar-refractivity contribution in [3.8, 4) is 5.75 Å². The minimum Gasteiger partial charge on any atom is -0.449 e. The van der Waals surface area contributed by atoms with E-state index in [0.29, 0.717) is 48.1 Å². The standard InChI is InChI=1S/C18H21ClN2O4/c1-18(2,3)25-17(23)21-9-7-11(8-10-21)15-16(22)20-14-12(19)5-4-6-13(14)24-15/h4-6H,7-10H2,1-3H3,(H,20,22). The summed E-state index contributed by atoms with van der Waals surface area (Å²) in [5, 5.41) is 3.22. The Morgan fingerprint density at radius 1 is 1.28 bits per heavy atom. The molecule has 2 heterocycles. The van der Waals surface area contributed by atoms with Gasteiger partial charge in [-0.25, -0.2) is 4.79 Å². The zero-order valence-electron chi connectivity index (χ0n) is 14.5. The zero-order chi connectivity index (χ0) is 18.2. The van der Waals surface area contributed by atoms with E-state index in [4.69, 9.17) is 21.1 Å². The van der Waals surface area contributed by atoms with E-state index in [1.165, 1.54) is 0 Å². The smallest absolute Gasteiger partial charge is 0.410 e. The summed E-state index contributed by atoms with van der Waals surface area (Å²) in [4.78, 5) is 26.1. The first kappa shape index (κ1) is 17.6. The summed E-state index contributed by atoms with van der Waals surface area (Å²) in [7, 11) is 0. The summed E-state index contributed by atoms with van der Waals surface area (Å²) in [6.07, 6.45) is 0.804. The number of para-hydroxylation sites is 1. The molecule has 0 radical (unpaired) electrons. The minimum atomic E-state index is -0.523. The molecule has 0 aromatic heterocycles. The van der Waals surface area contributed by atoms with Gasteiger partial charge in [-0.3, -0.25) is 4.79 Å². The van der Waals surface area contributed by atoms with E-state index in [2.05, 4.69) is 5.32 Å². The first-order valence-electron chi connectivity index (χ1n) is 8.22. The molecule has 1 aromatic carbocycles. The number of amides is 2. The van der Waals surface area contributed by atoms with E-state index in [0.717, 1.165) is 5.57 Å². The summed E-state index contributed by atoms with van der Waals surface area (Å²) in [6, 6.07) is 5.23. The Hall–Kier alpha value is -2.21. The van der Waals surface area contributed by atoms with Gasteiger partial charge in [-0.15, -0.1) is 0 Å². The van der Waals surface area contributed by atoms with Crippen molar-refractivity contribution >= 4 is 29.3 Å². The maximum Gasteiger partial charge on any atom is 0.410 e. The van der Waals surface area contributed by atoms with Crippen molar-refractivity contribution < 1.29 is 19.1 Å². The van der Waals surface area contributed by atoms with Crippen LogP contribution in [0.25, 0.3) is 0 Å². The number of likely N-dealkylation sites (tertiary alicyclic amines) is 1. The lowest BCUT2D eigenvalue weighted by Gasteiger charge is -2.32. The first-order chi connectivity index (χ1) is 11.7. The van der Waals surface area contributed by atoms with Crippen LogP contribution in [0.15, 0.2) is 29.5 Å². The van der Waals surface area contributed by atoms with E-state index >= 15 is 0 Å². The van der Waals surface area contributed by atoms with Gasteiger partial charge in [0.15, 0.2) is 11.5 Å². The number of nitrogens with zero attached hydrogens (tertiary/aromatic N) is 1. The van der Waals surface area contributed by atoms with Crippen LogP contribution in [0.1, 0.15) is 33.6 Å². The lowest BCUT2D eigenvalue weighted by molar-refractivity contribution is -0.115. The van der Waals surface area contributed by atoms with E-state index in [9.17, 15) is 9.59 Å². The van der Waals surface area contributed by atoms with Crippen LogP contribution in [0.4, 0.5) is 10.5 Å². The van der Waals surface area contributed by atoms with E-state index in [1.54, 1.807) is 23.1 Å². The fourth-order valence-corrected chi connectivity index (χ4v) is 3.00. The first-order valence-corrected chi connectivity index (χ1v) is 8.60. The molecule has 0 aliphatic carbocycles. The number of hydrogen-bond acceptors (Lipinski definition) is 4. The lowest BCUT2D eigenvalue weighted by atomic mass is 10.0. The molecule has 25 heavy (non-hydrogen) atoms. The highest BCUT2D eigenvalue weighted by Gasteiger charge is 2.30. The van der Waals surface area contributed by atoms with Crippen LogP contribution in [0.5, 0.6) is 5.75 Å². The van der Waals surface area contributed by atoms with Crippen molar-refractivity contribution in [1.82, 2.24) is 4.90 Å². The average molecular weight is 365 g/mol. The summed E-state index contributed by atoms with van der Waals surface area (Å²) in [5.41, 5.74) is 0.859. The highest BCUT2D eigenvalue weighted by atomic mass is 35.5. The molecule has 3 rings (SSSR count). The highest BCUT2D eigenvalue weighted by molar-refractivity contribution is 6.34. The molecule has 134 valence electrons. The Morgan fingerprint density at radius 2 is 1.96 bits per heavy atom. The molecule has 2 aliphatic heterocycles. The van der Waals surface area contributed by atoms with Gasteiger partial charge < -0.3 is 19.7 Å². The Morgan fingerprint density at radius 3 is 2.60 bits per heavy atom. The summed E-state index contributed by atoms with van der Waals surface area (Å²) in [6.45, 7) is 6.50. The van der Waals surface area contributed by atoms with E-state index < -0.39 is 5.60 Å². The number of piperidine rings is 1. The molecular formula is C18H21ClN2O4. The number of rotatable bonds is 0. The van der Waals surface area contributed by atoms with Crippen LogP contribution in [-0.2, 0) is 9.53 Å². The van der Waals surface area contributed by atoms with E-state index in [1.807, 2.05) is 20.8 Å². The number of halogens is 1. The highest BCUT2D eigenvalue weighted by Crippen LogP contribution is 2.38. The number of fused-ring (bicyclic) bond motifs is 1. The van der Waals surface area contributed by atoms with Gasteiger partial charge in [0.1, 0.15) is 11.3 Å². The van der Waals surface area contributed by atoms with Crippen molar-refractivity contribution in [2.75, 3.05) is 18.4 Å². The molecule has 0 bridgehead atoms. The fraction of sp³-hybridized carbons (Fsp3) is 0.444. The zero-order valence-corrected chi connectivity index (χ0v) is 15.3. The quantitative estimate of drug-likeness (QED) is 0.707. The second-order valence-electron chi connectivity index (χ2n) is 7.07. The fourth-order valence-electron chi connectivity index (χ4n) is 2.78. The van der Waals surface area contributed by atoms with Crippen molar-refractivity contribution in [2.45, 2.75) is 39.2 Å². The molecule has 1 saturated heterocycles. The van der Waals surface area contributed by atoms with Crippen LogP contribution in [0, 0.1) is 0 Å². The monoisotopic (exact) mass is 364 g/mol. The van der Waals surface area contributed by atoms with Crippen LogP contribution >= 0.6 is 11.6 Å². The number of nitrogens with one attached hydrogen (secondary N) is 1. The third kappa shape index (κ3) is 3.90. The molecule has 1 N–H and O–H groups in total. The van der Waals surface area contributed by atoms with Crippen molar-refractivity contribution in [3.05, 3.63) is 34.6 Å². The van der Waals surface area contributed by atoms with Crippen LogP contribution in [0.3, 0.4) is 0 Å². The summed E-state index contributed by atoms with van der Waals surface area (Å²) >= 11 is 6.08. The number of ether oxygens (including phenoxy) is 2. The van der Waals surface area contributed by atoms with Crippen molar-refractivity contribution in [3.63, 3.8) is 0 Å². The van der Waals surface area contributed by atoms with Gasteiger partial charge in [0.05, 0.1) is 5.02 Å². The summed E-state index contributed by atoms with van der Waals surface area (Å²) in [5.74, 6) is 0.532. The molecule has 6 nitrogen and oxygen atoms in total. The van der Waals surface area contributed by atoms with Crippen LogP contribution in [-0.4, -0.2) is 35.6 Å². The molecule has 0 spiro atoms. The van der Waals surface area contributed by atoms with Gasteiger partial charge in [0.25, 0.3) is 5.91 Å². The lowest BCUT2D eigenvalue weighted by Crippen LogP contribution is -2.41. The number of hydrogen-bond donors (Lipinski definition) is 1. The summed E-state index contributed by atoms with van der Waals surface area (Å²) < 4.78 is 11.2. The van der Waals surface area contributed by atoms with Gasteiger partial charge in [-0.1, -0.05) is 17.7 Å². The second kappa shape index (κ2) is 6.59. The number of carbonyl (C=O) groups excluding carboxylic acids is 2. The third-order valence-corrected chi connectivity index (χ3v) is 4.29. The van der Waals surface area contributed by atoms with Gasteiger partial charge in [0.2, 0.25) is 0 Å². The maximum atomic E-state index is 12.4. The minimum absolute atomic E-state index is 0.304. The molecule has 2 aliphatic rings. The van der Waals surface area contributed by atoms with Gasteiger partial charge in [-0.05, 0) is 51.3 Å². The van der Waals surface area contributed by atoms with E-state index in [-0.39, 0.29) is 12.0 Å². The Kier molecular flexibility index (Phi) is 4.64. The second-order valence-corrected chi connectivity index (χ2v) is 7.48. The van der Waals surface area contributed by atoms with Crippen molar-refractivity contribution in [2.24, 2.45) is 0 Å². The Balaban J connectivity index is 1.72. The molecule has 0 atom stereocenters. The predicted octanol–water partition coefficient (Wildman–Crippen LogP) is 3.96. The average Bonchev–Trinajstić information content (AvgIpc) is 2.54. The Bertz CT molecular complexity index is 742. The predicted molar refractivity (Wildman–Crippen MR) is 94.8 cm³/mol. The number of carbonyl (C=O) groups is 2. The molecular weight excluding hydrogens is 344 g/mol. The Labute approximate surface area is 151 Å². The molecule has 0 unspecified atom stereocenters. The topological polar surface area (TPSA) is 67.9 Å². The molecule has 1 fully saturated rings. The third-order valence-electron chi connectivity index (χ3n) is 3.97. The number of anilines is 1. The number of benzene rings is 1.